The van der Waals surface area contributed by atoms with Crippen molar-refractivity contribution in [3.8, 4) is 5.75 Å². The normalized spacial score (nSPS) is 10.3. The van der Waals surface area contributed by atoms with Gasteiger partial charge in [0.2, 0.25) is 0 Å². The van der Waals surface area contributed by atoms with Gasteiger partial charge in [-0.3, -0.25) is 0 Å². The second-order valence-electron chi connectivity index (χ2n) is 4.16. The summed E-state index contributed by atoms with van der Waals surface area (Å²) in [6, 6.07) is 11.8. The van der Waals surface area contributed by atoms with Crippen molar-refractivity contribution in [3.63, 3.8) is 0 Å². The van der Waals surface area contributed by atoms with Gasteiger partial charge in [0.25, 0.3) is 0 Å². The summed E-state index contributed by atoms with van der Waals surface area (Å²) < 4.78 is 11.6. The molecule has 0 aliphatic rings. The second-order valence-corrected chi connectivity index (χ2v) is 5.08. The first-order valence-electron chi connectivity index (χ1n) is 6.34. The molecule has 4 nitrogen and oxygen atoms in total. The summed E-state index contributed by atoms with van der Waals surface area (Å²) in [7, 11) is 1.66. The first kappa shape index (κ1) is 14.8. The smallest absolute Gasteiger partial charge is 0.126 e. The van der Waals surface area contributed by atoms with E-state index in [-0.39, 0.29) is 0 Å². The van der Waals surface area contributed by atoms with Crippen molar-refractivity contribution in [1.29, 1.82) is 0 Å². The summed E-state index contributed by atoms with van der Waals surface area (Å²) >= 11 is 3.37. The molecular weight excluding hydrogens is 320 g/mol. The summed E-state index contributed by atoms with van der Waals surface area (Å²) in [6.07, 6.45) is 1.77. The quantitative estimate of drug-likeness (QED) is 0.786. The summed E-state index contributed by atoms with van der Waals surface area (Å²) in [5, 5.41) is 3.28. The number of pyridine rings is 1. The number of nitrogens with one attached hydrogen (secondary N) is 1. The van der Waals surface area contributed by atoms with Crippen LogP contribution in [0, 0.1) is 0 Å². The van der Waals surface area contributed by atoms with Gasteiger partial charge in [-0.15, -0.1) is 0 Å². The van der Waals surface area contributed by atoms with E-state index in [0.29, 0.717) is 19.8 Å². The van der Waals surface area contributed by atoms with E-state index in [0.717, 1.165) is 21.6 Å². The van der Waals surface area contributed by atoms with Crippen LogP contribution in [-0.2, 0) is 11.3 Å². The number of halogens is 1. The third-order valence-corrected chi connectivity index (χ3v) is 3.17. The van der Waals surface area contributed by atoms with Crippen LogP contribution in [0.5, 0.6) is 5.75 Å². The summed E-state index contributed by atoms with van der Waals surface area (Å²) in [5.74, 6) is 1.70. The number of methoxy groups -OCH3 is 1. The number of nitrogens with zero attached hydrogens (tertiary/aromatic N) is 1. The standard InChI is InChI=1S/C15H17BrN2O2/c1-19-8-9-20-14-5-3-2-4-12(14)10-17-15-7-6-13(16)11-18-15/h2-7,11H,8-10H2,1H3,(H,17,18). The lowest BCUT2D eigenvalue weighted by molar-refractivity contribution is 0.146. The van der Waals surface area contributed by atoms with Gasteiger partial charge in [-0.1, -0.05) is 18.2 Å². The highest BCUT2D eigenvalue weighted by atomic mass is 79.9. The summed E-state index contributed by atoms with van der Waals surface area (Å²) in [5.41, 5.74) is 1.09. The lowest BCUT2D eigenvalue weighted by Crippen LogP contribution is -2.08. The summed E-state index contributed by atoms with van der Waals surface area (Å²) in [6.45, 7) is 1.79. The molecule has 5 heteroatoms. The average molecular weight is 337 g/mol. The topological polar surface area (TPSA) is 43.4 Å². The number of anilines is 1. The molecule has 0 saturated heterocycles. The summed E-state index contributed by atoms with van der Waals surface area (Å²) in [4.78, 5) is 4.28. The fourth-order valence-corrected chi connectivity index (χ4v) is 1.93. The monoisotopic (exact) mass is 336 g/mol. The van der Waals surface area contributed by atoms with Crippen LogP contribution < -0.4 is 10.1 Å². The Hall–Kier alpha value is -1.59. The van der Waals surface area contributed by atoms with Crippen molar-refractivity contribution < 1.29 is 9.47 Å². The SMILES string of the molecule is COCCOc1ccccc1CNc1ccc(Br)cn1. The van der Waals surface area contributed by atoms with Gasteiger partial charge in [-0.2, -0.15) is 0 Å². The molecule has 1 aromatic heterocycles. The van der Waals surface area contributed by atoms with Crippen LogP contribution >= 0.6 is 15.9 Å². The zero-order valence-electron chi connectivity index (χ0n) is 11.3. The highest BCUT2D eigenvalue weighted by molar-refractivity contribution is 9.10. The fraction of sp³-hybridized carbons (Fsp3) is 0.267. The van der Waals surface area contributed by atoms with Crippen molar-refractivity contribution in [2.24, 2.45) is 0 Å². The molecular formula is C15H17BrN2O2. The van der Waals surface area contributed by atoms with Crippen LogP contribution in [0.4, 0.5) is 5.82 Å². The van der Waals surface area contributed by atoms with E-state index in [1.54, 1.807) is 13.3 Å². The molecule has 0 saturated carbocycles. The van der Waals surface area contributed by atoms with E-state index in [2.05, 4.69) is 26.2 Å². The molecule has 1 aromatic carbocycles. The Morgan fingerprint density at radius 3 is 2.75 bits per heavy atom. The molecule has 2 aromatic rings. The minimum absolute atomic E-state index is 0.546. The molecule has 1 heterocycles. The van der Waals surface area contributed by atoms with Gasteiger partial charge in [0.05, 0.1) is 6.61 Å². The first-order chi connectivity index (χ1) is 9.79. The van der Waals surface area contributed by atoms with Crippen molar-refractivity contribution >= 4 is 21.7 Å². The Morgan fingerprint density at radius 2 is 2.00 bits per heavy atom. The van der Waals surface area contributed by atoms with Gasteiger partial charge in [0.1, 0.15) is 18.2 Å². The van der Waals surface area contributed by atoms with Crippen molar-refractivity contribution in [2.45, 2.75) is 6.54 Å². The number of para-hydroxylation sites is 1. The molecule has 0 fully saturated rings. The zero-order valence-corrected chi connectivity index (χ0v) is 12.9. The first-order valence-corrected chi connectivity index (χ1v) is 7.14. The minimum atomic E-state index is 0.546. The van der Waals surface area contributed by atoms with Crippen molar-refractivity contribution in [2.75, 3.05) is 25.6 Å². The average Bonchev–Trinajstić information content (AvgIpc) is 2.48. The lowest BCUT2D eigenvalue weighted by Gasteiger charge is -2.12. The minimum Gasteiger partial charge on any atom is -0.491 e. The third-order valence-electron chi connectivity index (χ3n) is 2.70. The fourth-order valence-electron chi connectivity index (χ4n) is 1.69. The third kappa shape index (κ3) is 4.51. The maximum Gasteiger partial charge on any atom is 0.126 e. The Labute approximate surface area is 127 Å². The van der Waals surface area contributed by atoms with Gasteiger partial charge in [-0.25, -0.2) is 4.98 Å². The van der Waals surface area contributed by atoms with Gasteiger partial charge < -0.3 is 14.8 Å². The molecule has 106 valence electrons. The maximum atomic E-state index is 5.69. The molecule has 20 heavy (non-hydrogen) atoms. The number of aromatic nitrogens is 1. The van der Waals surface area contributed by atoms with Crippen LogP contribution in [0.2, 0.25) is 0 Å². The number of hydrogen-bond acceptors (Lipinski definition) is 4. The largest absolute Gasteiger partial charge is 0.491 e. The number of benzene rings is 1. The van der Waals surface area contributed by atoms with Crippen molar-refractivity contribution in [1.82, 2.24) is 4.98 Å². The van der Waals surface area contributed by atoms with Gasteiger partial charge in [-0.05, 0) is 34.1 Å². The molecule has 0 spiro atoms. The molecule has 0 bridgehead atoms. The Bertz CT molecular complexity index is 532. The van der Waals surface area contributed by atoms with Crippen molar-refractivity contribution in [3.05, 3.63) is 52.6 Å². The molecule has 0 aliphatic heterocycles. The van der Waals surface area contributed by atoms with Crippen LogP contribution in [0.25, 0.3) is 0 Å². The predicted octanol–water partition coefficient (Wildman–Crippen LogP) is 3.48. The van der Waals surface area contributed by atoms with E-state index < -0.39 is 0 Å². The van der Waals surface area contributed by atoms with Crippen LogP contribution in [0.3, 0.4) is 0 Å². The maximum absolute atomic E-state index is 5.69. The number of ether oxygens (including phenoxy) is 2. The number of hydrogen-bond donors (Lipinski definition) is 1. The second kappa shape index (κ2) is 7.87. The van der Waals surface area contributed by atoms with E-state index in [1.165, 1.54) is 0 Å². The molecule has 1 N–H and O–H groups in total. The van der Waals surface area contributed by atoms with Crippen LogP contribution in [0.15, 0.2) is 47.1 Å². The highest BCUT2D eigenvalue weighted by Crippen LogP contribution is 2.19. The van der Waals surface area contributed by atoms with Gasteiger partial charge in [0, 0.05) is 29.9 Å². The number of rotatable bonds is 7. The Morgan fingerprint density at radius 1 is 1.15 bits per heavy atom. The molecule has 0 amide bonds. The molecule has 0 atom stereocenters. The molecule has 0 unspecified atom stereocenters. The van der Waals surface area contributed by atoms with E-state index in [1.807, 2.05) is 36.4 Å². The van der Waals surface area contributed by atoms with E-state index in [9.17, 15) is 0 Å². The Kier molecular flexibility index (Phi) is 5.83. The van der Waals surface area contributed by atoms with Crippen LogP contribution in [-0.4, -0.2) is 25.3 Å². The molecule has 0 radical (unpaired) electrons. The molecule has 0 aliphatic carbocycles. The predicted molar refractivity (Wildman–Crippen MR) is 83.1 cm³/mol. The van der Waals surface area contributed by atoms with Gasteiger partial charge in [0.15, 0.2) is 0 Å². The Balaban J connectivity index is 1.96. The van der Waals surface area contributed by atoms with Gasteiger partial charge >= 0.3 is 0 Å². The lowest BCUT2D eigenvalue weighted by atomic mass is 10.2. The highest BCUT2D eigenvalue weighted by Gasteiger charge is 2.03. The zero-order chi connectivity index (χ0) is 14.2. The van der Waals surface area contributed by atoms with Crippen LogP contribution in [0.1, 0.15) is 5.56 Å². The van der Waals surface area contributed by atoms with E-state index in [4.69, 9.17) is 9.47 Å². The molecule has 2 rings (SSSR count). The van der Waals surface area contributed by atoms with E-state index >= 15 is 0 Å².